The molecule has 0 aliphatic rings. The van der Waals surface area contributed by atoms with Gasteiger partial charge in [-0.25, -0.2) is 9.97 Å². The molecule has 2 N–H and O–H groups in total. The number of anilines is 2. The summed E-state index contributed by atoms with van der Waals surface area (Å²) in [6.45, 7) is 7.93. The molecule has 0 bridgehead atoms. The van der Waals surface area contributed by atoms with Gasteiger partial charge < -0.3 is 10.6 Å². The van der Waals surface area contributed by atoms with E-state index in [-0.39, 0.29) is 5.41 Å². The van der Waals surface area contributed by atoms with Crippen molar-refractivity contribution in [1.29, 1.82) is 5.26 Å². The van der Waals surface area contributed by atoms with Crippen LogP contribution in [0, 0.1) is 16.7 Å². The first-order chi connectivity index (χ1) is 8.01. The smallest absolute Gasteiger partial charge is 0.131 e. The predicted molar refractivity (Wildman–Crippen MR) is 68.7 cm³/mol. The third kappa shape index (κ3) is 5.71. The van der Waals surface area contributed by atoms with Crippen LogP contribution in [-0.4, -0.2) is 23.1 Å². The summed E-state index contributed by atoms with van der Waals surface area (Å²) in [7, 11) is 0. The lowest BCUT2D eigenvalue weighted by Crippen LogP contribution is -2.19. The Morgan fingerprint density at radius 2 is 1.88 bits per heavy atom. The molecule has 0 radical (unpaired) electrons. The first kappa shape index (κ1) is 13.2. The summed E-state index contributed by atoms with van der Waals surface area (Å²) in [4.78, 5) is 8.23. The van der Waals surface area contributed by atoms with Gasteiger partial charge in [-0.15, -0.1) is 0 Å². The average Bonchev–Trinajstić information content (AvgIpc) is 2.27. The van der Waals surface area contributed by atoms with E-state index in [1.807, 2.05) is 6.07 Å². The van der Waals surface area contributed by atoms with E-state index in [0.29, 0.717) is 13.0 Å². The zero-order valence-electron chi connectivity index (χ0n) is 10.6. The number of rotatable bonds is 5. The van der Waals surface area contributed by atoms with Crippen LogP contribution in [0.5, 0.6) is 0 Å². The number of hydrogen-bond donors (Lipinski definition) is 2. The fraction of sp³-hybridized carbons (Fsp3) is 0.583. The molecule has 1 aromatic rings. The van der Waals surface area contributed by atoms with Gasteiger partial charge in [-0.1, -0.05) is 20.8 Å². The van der Waals surface area contributed by atoms with Crippen molar-refractivity contribution in [2.45, 2.75) is 27.2 Å². The molecule has 5 heteroatoms. The Morgan fingerprint density at radius 3 is 2.47 bits per heavy atom. The molecule has 1 rings (SSSR count). The molecule has 0 atom stereocenters. The van der Waals surface area contributed by atoms with Gasteiger partial charge in [0, 0.05) is 19.2 Å². The van der Waals surface area contributed by atoms with Gasteiger partial charge in [0.05, 0.1) is 12.5 Å². The second-order valence-corrected chi connectivity index (χ2v) is 5.04. The van der Waals surface area contributed by atoms with Crippen LogP contribution in [0.2, 0.25) is 0 Å². The first-order valence-corrected chi connectivity index (χ1v) is 5.68. The Bertz CT molecular complexity index is 389. The van der Waals surface area contributed by atoms with Crippen LogP contribution in [0.15, 0.2) is 12.4 Å². The van der Waals surface area contributed by atoms with E-state index in [4.69, 9.17) is 5.26 Å². The zero-order chi connectivity index (χ0) is 12.7. The van der Waals surface area contributed by atoms with Gasteiger partial charge in [-0.2, -0.15) is 5.26 Å². The zero-order valence-corrected chi connectivity index (χ0v) is 10.6. The van der Waals surface area contributed by atoms with Crippen LogP contribution in [0.3, 0.4) is 0 Å². The lowest BCUT2D eigenvalue weighted by Gasteiger charge is -2.19. The van der Waals surface area contributed by atoms with Crippen LogP contribution in [0.4, 0.5) is 11.6 Å². The molecule has 1 heterocycles. The highest BCUT2D eigenvalue weighted by Gasteiger charge is 2.09. The predicted octanol–water partition coefficient (Wildman–Crippen LogP) is 2.26. The van der Waals surface area contributed by atoms with Gasteiger partial charge in [-0.05, 0) is 5.41 Å². The van der Waals surface area contributed by atoms with Crippen molar-refractivity contribution in [2.75, 3.05) is 23.7 Å². The number of nitriles is 1. The number of nitrogens with zero attached hydrogens (tertiary/aromatic N) is 3. The minimum absolute atomic E-state index is 0.208. The van der Waals surface area contributed by atoms with Crippen LogP contribution in [-0.2, 0) is 0 Å². The summed E-state index contributed by atoms with van der Waals surface area (Å²) in [5.74, 6) is 1.54. The van der Waals surface area contributed by atoms with Crippen LogP contribution >= 0.6 is 0 Å². The minimum Gasteiger partial charge on any atom is -0.369 e. The number of aromatic nitrogens is 2. The largest absolute Gasteiger partial charge is 0.369 e. The first-order valence-electron chi connectivity index (χ1n) is 5.68. The van der Waals surface area contributed by atoms with Crippen molar-refractivity contribution in [3.8, 4) is 6.07 Å². The van der Waals surface area contributed by atoms with E-state index in [0.717, 1.165) is 18.2 Å². The Hall–Kier alpha value is -1.83. The van der Waals surface area contributed by atoms with E-state index in [9.17, 15) is 0 Å². The molecular weight excluding hydrogens is 214 g/mol. The molecule has 1 aromatic heterocycles. The van der Waals surface area contributed by atoms with E-state index in [1.165, 1.54) is 6.33 Å². The van der Waals surface area contributed by atoms with E-state index < -0.39 is 0 Å². The molecule has 0 saturated heterocycles. The van der Waals surface area contributed by atoms with Crippen molar-refractivity contribution in [3.63, 3.8) is 0 Å². The summed E-state index contributed by atoms with van der Waals surface area (Å²) in [6, 6.07) is 3.93. The third-order valence-corrected chi connectivity index (χ3v) is 2.01. The van der Waals surface area contributed by atoms with Crippen molar-refractivity contribution in [2.24, 2.45) is 5.41 Å². The summed E-state index contributed by atoms with van der Waals surface area (Å²) < 4.78 is 0. The van der Waals surface area contributed by atoms with Gasteiger partial charge in [-0.3, -0.25) is 0 Å². The number of nitrogens with one attached hydrogen (secondary N) is 2. The molecule has 0 aliphatic carbocycles. The SMILES string of the molecule is CC(C)(C)CNc1cc(NCCC#N)ncn1. The highest BCUT2D eigenvalue weighted by Crippen LogP contribution is 2.15. The van der Waals surface area contributed by atoms with E-state index >= 15 is 0 Å². The van der Waals surface area contributed by atoms with Crippen molar-refractivity contribution >= 4 is 11.6 Å². The second-order valence-electron chi connectivity index (χ2n) is 5.04. The molecule has 92 valence electrons. The quantitative estimate of drug-likeness (QED) is 0.763. The van der Waals surface area contributed by atoms with E-state index in [2.05, 4.69) is 47.4 Å². The minimum atomic E-state index is 0.208. The highest BCUT2D eigenvalue weighted by atomic mass is 15.1. The fourth-order valence-electron chi connectivity index (χ4n) is 1.15. The van der Waals surface area contributed by atoms with Gasteiger partial charge in [0.25, 0.3) is 0 Å². The Morgan fingerprint density at radius 1 is 1.24 bits per heavy atom. The maximum atomic E-state index is 8.44. The van der Waals surface area contributed by atoms with Crippen molar-refractivity contribution in [3.05, 3.63) is 12.4 Å². The molecule has 0 aliphatic heterocycles. The summed E-state index contributed by atoms with van der Waals surface area (Å²) >= 11 is 0. The summed E-state index contributed by atoms with van der Waals surface area (Å²) in [6.07, 6.45) is 1.98. The highest BCUT2D eigenvalue weighted by molar-refractivity contribution is 5.46. The topological polar surface area (TPSA) is 73.6 Å². The van der Waals surface area contributed by atoms with Crippen LogP contribution in [0.1, 0.15) is 27.2 Å². The average molecular weight is 233 g/mol. The lowest BCUT2D eigenvalue weighted by atomic mass is 9.97. The summed E-state index contributed by atoms with van der Waals surface area (Å²) in [5, 5.41) is 14.8. The molecule has 0 aromatic carbocycles. The Kier molecular flexibility index (Phi) is 4.70. The lowest BCUT2D eigenvalue weighted by molar-refractivity contribution is 0.442. The number of hydrogen-bond acceptors (Lipinski definition) is 5. The van der Waals surface area contributed by atoms with Crippen molar-refractivity contribution < 1.29 is 0 Å². The molecule has 0 amide bonds. The van der Waals surface area contributed by atoms with Gasteiger partial charge in [0.15, 0.2) is 0 Å². The van der Waals surface area contributed by atoms with Crippen LogP contribution < -0.4 is 10.6 Å². The van der Waals surface area contributed by atoms with Gasteiger partial charge in [0.1, 0.15) is 18.0 Å². The third-order valence-electron chi connectivity index (χ3n) is 2.01. The van der Waals surface area contributed by atoms with Crippen LogP contribution in [0.25, 0.3) is 0 Å². The summed E-state index contributed by atoms with van der Waals surface area (Å²) in [5.41, 5.74) is 0.208. The van der Waals surface area contributed by atoms with E-state index in [1.54, 1.807) is 0 Å². The molecule has 0 unspecified atom stereocenters. The second kappa shape index (κ2) is 6.04. The molecule has 0 spiro atoms. The monoisotopic (exact) mass is 233 g/mol. The molecule has 17 heavy (non-hydrogen) atoms. The molecular formula is C12H19N5. The Balaban J connectivity index is 2.51. The van der Waals surface area contributed by atoms with Gasteiger partial charge >= 0.3 is 0 Å². The molecule has 5 nitrogen and oxygen atoms in total. The maximum Gasteiger partial charge on any atom is 0.131 e. The molecule has 0 fully saturated rings. The Labute approximate surface area is 102 Å². The van der Waals surface area contributed by atoms with Gasteiger partial charge in [0.2, 0.25) is 0 Å². The molecule has 0 saturated carbocycles. The maximum absolute atomic E-state index is 8.44. The van der Waals surface area contributed by atoms with Crippen molar-refractivity contribution in [1.82, 2.24) is 9.97 Å². The normalized spacial score (nSPS) is 10.7. The standard InChI is InChI=1S/C12H19N5/c1-12(2,3)8-15-11-7-10(16-9-17-11)14-6-4-5-13/h7,9H,4,6,8H2,1-3H3,(H2,14,15,16,17). The fourth-order valence-corrected chi connectivity index (χ4v) is 1.15.